The molecule has 0 aliphatic carbocycles. The van der Waals surface area contributed by atoms with E-state index in [1.807, 2.05) is 12.1 Å². The van der Waals surface area contributed by atoms with Crippen LogP contribution in [0.2, 0.25) is 0 Å². The second-order valence-corrected chi connectivity index (χ2v) is 3.97. The Hall–Kier alpha value is -2.44. The van der Waals surface area contributed by atoms with Crippen LogP contribution in [0.1, 0.15) is 6.04 Å². The van der Waals surface area contributed by atoms with Crippen LogP contribution < -0.4 is 0 Å². The van der Waals surface area contributed by atoms with Crippen molar-refractivity contribution in [2.24, 2.45) is 0 Å². The molecular weight excluding hydrogens is 238 g/mol. The maximum atomic E-state index is 10.6. The summed E-state index contributed by atoms with van der Waals surface area (Å²) in [5.41, 5.74) is 0.770. The number of fused-ring (bicyclic) bond motifs is 1. The Bertz CT molecular complexity index is 577. The van der Waals surface area contributed by atoms with Gasteiger partial charge in [0.2, 0.25) is 13.1 Å². The van der Waals surface area contributed by atoms with Gasteiger partial charge in [0, 0.05) is 21.6 Å². The van der Waals surface area contributed by atoms with E-state index in [1.54, 1.807) is 29.0 Å². The van der Waals surface area contributed by atoms with E-state index in [2.05, 4.69) is 0 Å². The van der Waals surface area contributed by atoms with Gasteiger partial charge in [-0.05, 0) is 17.5 Å². The highest BCUT2D eigenvalue weighted by molar-refractivity contribution is 5.80. The van der Waals surface area contributed by atoms with Crippen molar-refractivity contribution >= 4 is 10.9 Å². The highest BCUT2D eigenvalue weighted by atomic mass is 16.6. The van der Waals surface area contributed by atoms with Gasteiger partial charge in [0.05, 0.1) is 0 Å². The molecule has 0 saturated carbocycles. The van der Waals surface area contributed by atoms with Crippen molar-refractivity contribution < 1.29 is 9.85 Å². The van der Waals surface area contributed by atoms with Gasteiger partial charge in [-0.25, -0.2) is 0 Å². The standard InChI is InChI=1S/C11H11N3O4/c15-13(16)7-10(8-14(17)18)12-6-5-9-3-1-2-4-11(9)12/h1-6,10H,7-8H2. The Morgan fingerprint density at radius 3 is 2.28 bits per heavy atom. The van der Waals surface area contributed by atoms with Crippen molar-refractivity contribution in [2.45, 2.75) is 6.04 Å². The fourth-order valence-electron chi connectivity index (χ4n) is 2.00. The molecule has 2 aromatic rings. The lowest BCUT2D eigenvalue weighted by atomic mass is 10.2. The second kappa shape index (κ2) is 4.82. The van der Waals surface area contributed by atoms with Crippen LogP contribution in [0.5, 0.6) is 0 Å². The van der Waals surface area contributed by atoms with Crippen LogP contribution in [0.3, 0.4) is 0 Å². The number of nitrogens with zero attached hydrogens (tertiary/aromatic N) is 3. The van der Waals surface area contributed by atoms with Crippen molar-refractivity contribution in [3.63, 3.8) is 0 Å². The van der Waals surface area contributed by atoms with Gasteiger partial charge < -0.3 is 4.57 Å². The van der Waals surface area contributed by atoms with Gasteiger partial charge in [-0.1, -0.05) is 18.2 Å². The Morgan fingerprint density at radius 2 is 1.67 bits per heavy atom. The highest BCUT2D eigenvalue weighted by Gasteiger charge is 2.24. The summed E-state index contributed by atoms with van der Waals surface area (Å²) in [5, 5.41) is 22.1. The molecule has 94 valence electrons. The van der Waals surface area contributed by atoms with E-state index in [4.69, 9.17) is 0 Å². The molecule has 0 saturated heterocycles. The Balaban J connectivity index is 2.40. The predicted octanol–water partition coefficient (Wildman–Crippen LogP) is 1.74. The van der Waals surface area contributed by atoms with Crippen LogP contribution in [-0.4, -0.2) is 27.5 Å². The topological polar surface area (TPSA) is 91.2 Å². The molecule has 0 aliphatic rings. The number of hydrogen-bond donors (Lipinski definition) is 0. The monoisotopic (exact) mass is 249 g/mol. The van der Waals surface area contributed by atoms with Crippen LogP contribution >= 0.6 is 0 Å². The minimum absolute atomic E-state index is 0.459. The summed E-state index contributed by atoms with van der Waals surface area (Å²) in [4.78, 5) is 20.1. The smallest absolute Gasteiger partial charge is 0.230 e. The molecule has 18 heavy (non-hydrogen) atoms. The Morgan fingerprint density at radius 1 is 1.06 bits per heavy atom. The predicted molar refractivity (Wildman–Crippen MR) is 64.7 cm³/mol. The molecule has 0 bridgehead atoms. The number of nitro groups is 2. The molecule has 0 fully saturated rings. The fourth-order valence-corrected chi connectivity index (χ4v) is 2.00. The van der Waals surface area contributed by atoms with Gasteiger partial charge in [0.25, 0.3) is 0 Å². The van der Waals surface area contributed by atoms with E-state index >= 15 is 0 Å². The van der Waals surface area contributed by atoms with Gasteiger partial charge >= 0.3 is 0 Å². The quantitative estimate of drug-likeness (QED) is 0.596. The van der Waals surface area contributed by atoms with Gasteiger partial charge in [-0.3, -0.25) is 20.2 Å². The SMILES string of the molecule is O=[N+]([O-])CC(C[N+](=O)[O-])n1ccc2ccccc21. The zero-order valence-corrected chi connectivity index (χ0v) is 9.43. The first kappa shape index (κ1) is 12.0. The van der Waals surface area contributed by atoms with Gasteiger partial charge in [-0.2, -0.15) is 0 Å². The number of benzene rings is 1. The maximum absolute atomic E-state index is 10.6. The third kappa shape index (κ3) is 2.45. The first-order chi connectivity index (χ1) is 8.58. The summed E-state index contributed by atoms with van der Waals surface area (Å²) in [6.07, 6.45) is 1.66. The molecule has 1 aromatic heterocycles. The average molecular weight is 249 g/mol. The molecule has 0 atom stereocenters. The molecule has 1 aromatic carbocycles. The van der Waals surface area contributed by atoms with Crippen LogP contribution in [0.4, 0.5) is 0 Å². The highest BCUT2D eigenvalue weighted by Crippen LogP contribution is 2.20. The number of para-hydroxylation sites is 1. The summed E-state index contributed by atoms with van der Waals surface area (Å²) in [7, 11) is 0. The fraction of sp³-hybridized carbons (Fsp3) is 0.273. The maximum Gasteiger partial charge on any atom is 0.230 e. The Labute approximate surface area is 102 Å². The van der Waals surface area contributed by atoms with Crippen LogP contribution in [0, 0.1) is 20.2 Å². The molecule has 7 heteroatoms. The molecule has 0 unspecified atom stereocenters. The first-order valence-electron chi connectivity index (χ1n) is 5.37. The lowest BCUT2D eigenvalue weighted by Crippen LogP contribution is -2.25. The van der Waals surface area contributed by atoms with Crippen LogP contribution in [0.25, 0.3) is 10.9 Å². The molecule has 0 spiro atoms. The second-order valence-electron chi connectivity index (χ2n) is 3.97. The molecule has 0 radical (unpaired) electrons. The minimum atomic E-state index is -0.769. The summed E-state index contributed by atoms with van der Waals surface area (Å²) in [5.74, 6) is 0. The lowest BCUT2D eigenvalue weighted by molar-refractivity contribution is -0.520. The van der Waals surface area contributed by atoms with Crippen molar-refractivity contribution in [1.29, 1.82) is 0 Å². The number of hydrogen-bond acceptors (Lipinski definition) is 4. The number of aromatic nitrogens is 1. The molecular formula is C11H11N3O4. The normalized spacial score (nSPS) is 10.9. The third-order valence-electron chi connectivity index (χ3n) is 2.74. The lowest BCUT2D eigenvalue weighted by Gasteiger charge is -2.12. The number of rotatable bonds is 5. The molecule has 2 rings (SSSR count). The molecule has 0 amide bonds. The largest absolute Gasteiger partial charge is 0.332 e. The molecule has 0 N–H and O–H groups in total. The van der Waals surface area contributed by atoms with E-state index in [-0.39, 0.29) is 0 Å². The van der Waals surface area contributed by atoms with E-state index in [1.165, 1.54) is 0 Å². The summed E-state index contributed by atoms with van der Waals surface area (Å²) >= 11 is 0. The van der Waals surface area contributed by atoms with E-state index in [9.17, 15) is 20.2 Å². The average Bonchev–Trinajstić information content (AvgIpc) is 2.70. The van der Waals surface area contributed by atoms with E-state index in [0.29, 0.717) is 0 Å². The van der Waals surface area contributed by atoms with E-state index < -0.39 is 29.0 Å². The van der Waals surface area contributed by atoms with Gasteiger partial charge in [0.1, 0.15) is 0 Å². The van der Waals surface area contributed by atoms with Crippen molar-refractivity contribution in [2.75, 3.05) is 13.1 Å². The summed E-state index contributed by atoms with van der Waals surface area (Å²) in [6, 6.07) is 8.33. The van der Waals surface area contributed by atoms with Crippen molar-refractivity contribution in [3.8, 4) is 0 Å². The van der Waals surface area contributed by atoms with Gasteiger partial charge in [-0.15, -0.1) is 0 Å². The zero-order chi connectivity index (χ0) is 13.1. The Kier molecular flexibility index (Phi) is 3.22. The zero-order valence-electron chi connectivity index (χ0n) is 9.43. The first-order valence-corrected chi connectivity index (χ1v) is 5.37. The van der Waals surface area contributed by atoms with Crippen molar-refractivity contribution in [3.05, 3.63) is 56.8 Å². The third-order valence-corrected chi connectivity index (χ3v) is 2.74. The summed E-state index contributed by atoms with van der Waals surface area (Å²) < 4.78 is 1.60. The molecule has 1 heterocycles. The molecule has 0 aliphatic heterocycles. The van der Waals surface area contributed by atoms with Crippen molar-refractivity contribution in [1.82, 2.24) is 4.57 Å². The van der Waals surface area contributed by atoms with Crippen LogP contribution in [0.15, 0.2) is 36.5 Å². The van der Waals surface area contributed by atoms with Crippen LogP contribution in [-0.2, 0) is 0 Å². The van der Waals surface area contributed by atoms with Gasteiger partial charge in [0.15, 0.2) is 6.04 Å². The summed E-state index contributed by atoms with van der Waals surface area (Å²) in [6.45, 7) is -0.917. The molecule has 7 nitrogen and oxygen atoms in total. The van der Waals surface area contributed by atoms with E-state index in [0.717, 1.165) is 10.9 Å². The minimum Gasteiger partial charge on any atom is -0.332 e.